The molecule has 1 unspecified atom stereocenters. The Hall–Kier alpha value is -2.62. The Kier molecular flexibility index (Phi) is 5.16. The number of carbonyl (C=O) groups excluding carboxylic acids is 2. The number of ether oxygens (including phenoxy) is 1. The number of anilines is 1. The van der Waals surface area contributed by atoms with Crippen molar-refractivity contribution in [2.45, 2.75) is 33.8 Å². The molecule has 0 saturated heterocycles. The zero-order chi connectivity index (χ0) is 17.0. The maximum Gasteiger partial charge on any atom is 0.265 e. The molecule has 0 saturated carbocycles. The lowest BCUT2D eigenvalue weighted by atomic mass is 10.1. The van der Waals surface area contributed by atoms with Crippen molar-refractivity contribution in [3.05, 3.63) is 59.2 Å². The number of hydrogen-bond acceptors (Lipinski definition) is 3. The van der Waals surface area contributed by atoms with Crippen molar-refractivity contribution in [2.24, 2.45) is 0 Å². The van der Waals surface area contributed by atoms with Crippen LogP contribution in [0.1, 0.15) is 35.3 Å². The largest absolute Gasteiger partial charge is 0.481 e. The summed E-state index contributed by atoms with van der Waals surface area (Å²) >= 11 is 0. The summed E-state index contributed by atoms with van der Waals surface area (Å²) in [5.41, 5.74) is 3.56. The van der Waals surface area contributed by atoms with Crippen molar-refractivity contribution in [1.82, 2.24) is 0 Å². The van der Waals surface area contributed by atoms with Crippen LogP contribution in [0, 0.1) is 13.8 Å². The van der Waals surface area contributed by atoms with Gasteiger partial charge in [0.05, 0.1) is 0 Å². The van der Waals surface area contributed by atoms with E-state index in [0.29, 0.717) is 11.3 Å². The van der Waals surface area contributed by atoms with Gasteiger partial charge in [-0.25, -0.2) is 0 Å². The molecular weight excluding hydrogens is 290 g/mol. The van der Waals surface area contributed by atoms with E-state index >= 15 is 0 Å². The smallest absolute Gasteiger partial charge is 0.265 e. The summed E-state index contributed by atoms with van der Waals surface area (Å²) in [5.74, 6) is 0.336. The highest BCUT2D eigenvalue weighted by Crippen LogP contribution is 2.18. The fourth-order valence-electron chi connectivity index (χ4n) is 2.21. The molecule has 23 heavy (non-hydrogen) atoms. The molecule has 0 heterocycles. The minimum atomic E-state index is -0.640. The number of Topliss-reactive ketones (excluding diaryl/α,β-unsaturated/α-hetero) is 1. The molecule has 0 radical (unpaired) electrons. The third-order valence-corrected chi connectivity index (χ3v) is 3.58. The summed E-state index contributed by atoms with van der Waals surface area (Å²) in [4.78, 5) is 23.5. The summed E-state index contributed by atoms with van der Waals surface area (Å²) in [6.45, 7) is 7.16. The van der Waals surface area contributed by atoms with Gasteiger partial charge in [-0.15, -0.1) is 0 Å². The molecule has 4 heteroatoms. The zero-order valence-corrected chi connectivity index (χ0v) is 13.8. The van der Waals surface area contributed by atoms with Crippen molar-refractivity contribution in [2.75, 3.05) is 5.32 Å². The molecule has 0 bridgehead atoms. The number of rotatable bonds is 5. The van der Waals surface area contributed by atoms with Crippen LogP contribution in [-0.2, 0) is 4.79 Å². The predicted molar refractivity (Wildman–Crippen MR) is 91.1 cm³/mol. The Morgan fingerprint density at radius 1 is 1.04 bits per heavy atom. The van der Waals surface area contributed by atoms with Gasteiger partial charge in [0.2, 0.25) is 0 Å². The van der Waals surface area contributed by atoms with E-state index in [0.717, 1.165) is 16.8 Å². The Labute approximate surface area is 136 Å². The molecule has 2 aromatic carbocycles. The highest BCUT2D eigenvalue weighted by molar-refractivity contribution is 5.95. The summed E-state index contributed by atoms with van der Waals surface area (Å²) in [7, 11) is 0. The van der Waals surface area contributed by atoms with Crippen molar-refractivity contribution < 1.29 is 14.3 Å². The molecule has 2 aromatic rings. The minimum Gasteiger partial charge on any atom is -0.481 e. The van der Waals surface area contributed by atoms with Crippen LogP contribution in [0.5, 0.6) is 5.75 Å². The van der Waals surface area contributed by atoms with Gasteiger partial charge in [0.25, 0.3) is 5.91 Å². The van der Waals surface area contributed by atoms with Crippen molar-refractivity contribution in [3.63, 3.8) is 0 Å². The highest BCUT2D eigenvalue weighted by Gasteiger charge is 2.15. The summed E-state index contributed by atoms with van der Waals surface area (Å²) in [5, 5.41) is 2.87. The van der Waals surface area contributed by atoms with Gasteiger partial charge in [-0.3, -0.25) is 9.59 Å². The van der Waals surface area contributed by atoms with E-state index < -0.39 is 6.10 Å². The van der Waals surface area contributed by atoms with E-state index in [1.54, 1.807) is 31.2 Å². The second-order valence-electron chi connectivity index (χ2n) is 5.65. The number of amides is 1. The Bertz CT molecular complexity index is 720. The van der Waals surface area contributed by atoms with E-state index in [-0.39, 0.29) is 11.7 Å². The van der Waals surface area contributed by atoms with Gasteiger partial charge in [0.15, 0.2) is 11.9 Å². The quantitative estimate of drug-likeness (QED) is 0.852. The fourth-order valence-corrected chi connectivity index (χ4v) is 2.21. The first kappa shape index (κ1) is 16.7. The minimum absolute atomic E-state index is 0.00260. The third kappa shape index (κ3) is 4.42. The average Bonchev–Trinajstić information content (AvgIpc) is 2.50. The molecule has 4 nitrogen and oxygen atoms in total. The molecular formula is C19H21NO3. The van der Waals surface area contributed by atoms with Gasteiger partial charge in [0.1, 0.15) is 5.75 Å². The monoisotopic (exact) mass is 311 g/mol. The second-order valence-corrected chi connectivity index (χ2v) is 5.65. The standard InChI is InChI=1S/C19H21NO3/c1-12-5-10-18(13(2)11-12)20-19(22)15(4)23-17-8-6-16(7-9-17)14(3)21/h5-11,15H,1-4H3,(H,20,22). The number of ketones is 1. The topological polar surface area (TPSA) is 55.4 Å². The normalized spacial score (nSPS) is 11.7. The van der Waals surface area contributed by atoms with E-state index in [1.165, 1.54) is 6.92 Å². The maximum atomic E-state index is 12.2. The first-order valence-corrected chi connectivity index (χ1v) is 7.52. The van der Waals surface area contributed by atoms with Crippen molar-refractivity contribution in [3.8, 4) is 5.75 Å². The first-order chi connectivity index (χ1) is 10.9. The Morgan fingerprint density at radius 3 is 2.26 bits per heavy atom. The number of aryl methyl sites for hydroxylation is 2. The van der Waals surface area contributed by atoms with Crippen LogP contribution >= 0.6 is 0 Å². The van der Waals surface area contributed by atoms with Crippen LogP contribution in [0.4, 0.5) is 5.69 Å². The lowest BCUT2D eigenvalue weighted by molar-refractivity contribution is -0.122. The van der Waals surface area contributed by atoms with Gasteiger partial charge >= 0.3 is 0 Å². The Morgan fingerprint density at radius 2 is 1.70 bits per heavy atom. The van der Waals surface area contributed by atoms with Crippen LogP contribution < -0.4 is 10.1 Å². The number of nitrogens with one attached hydrogen (secondary N) is 1. The molecule has 0 aliphatic rings. The lowest BCUT2D eigenvalue weighted by Gasteiger charge is -2.16. The fraction of sp³-hybridized carbons (Fsp3) is 0.263. The number of carbonyl (C=O) groups is 2. The molecule has 0 aromatic heterocycles. The van der Waals surface area contributed by atoms with Gasteiger partial charge in [0, 0.05) is 11.3 Å². The molecule has 0 aliphatic carbocycles. The highest BCUT2D eigenvalue weighted by atomic mass is 16.5. The Balaban J connectivity index is 2.00. The van der Waals surface area contributed by atoms with E-state index in [1.807, 2.05) is 32.0 Å². The van der Waals surface area contributed by atoms with Gasteiger partial charge in [-0.1, -0.05) is 17.7 Å². The molecule has 1 amide bonds. The SMILES string of the molecule is CC(=O)c1ccc(OC(C)C(=O)Nc2ccc(C)cc2C)cc1. The van der Waals surface area contributed by atoms with E-state index in [9.17, 15) is 9.59 Å². The average molecular weight is 311 g/mol. The summed E-state index contributed by atoms with van der Waals surface area (Å²) in [6.07, 6.45) is -0.640. The van der Waals surface area contributed by atoms with Gasteiger partial charge in [-0.2, -0.15) is 0 Å². The third-order valence-electron chi connectivity index (χ3n) is 3.58. The molecule has 1 atom stereocenters. The lowest BCUT2D eigenvalue weighted by Crippen LogP contribution is -2.30. The van der Waals surface area contributed by atoms with Crippen LogP contribution in [0.2, 0.25) is 0 Å². The van der Waals surface area contributed by atoms with Crippen LogP contribution in [0.15, 0.2) is 42.5 Å². The summed E-state index contributed by atoms with van der Waals surface area (Å²) < 4.78 is 5.62. The molecule has 0 fully saturated rings. The van der Waals surface area contributed by atoms with E-state index in [4.69, 9.17) is 4.74 Å². The van der Waals surface area contributed by atoms with Crippen molar-refractivity contribution >= 4 is 17.4 Å². The molecule has 1 N–H and O–H groups in total. The zero-order valence-electron chi connectivity index (χ0n) is 13.8. The van der Waals surface area contributed by atoms with E-state index in [2.05, 4.69) is 5.32 Å². The van der Waals surface area contributed by atoms with Crippen molar-refractivity contribution in [1.29, 1.82) is 0 Å². The first-order valence-electron chi connectivity index (χ1n) is 7.52. The molecule has 120 valence electrons. The summed E-state index contributed by atoms with van der Waals surface area (Å²) in [6, 6.07) is 12.6. The number of hydrogen-bond donors (Lipinski definition) is 1. The predicted octanol–water partition coefficient (Wildman–Crippen LogP) is 3.91. The van der Waals surface area contributed by atoms with Crippen LogP contribution in [0.3, 0.4) is 0 Å². The molecule has 2 rings (SSSR count). The maximum absolute atomic E-state index is 12.2. The van der Waals surface area contributed by atoms with Crippen LogP contribution in [-0.4, -0.2) is 17.8 Å². The van der Waals surface area contributed by atoms with Gasteiger partial charge in [-0.05, 0) is 63.6 Å². The second kappa shape index (κ2) is 7.09. The van der Waals surface area contributed by atoms with Gasteiger partial charge < -0.3 is 10.1 Å². The molecule has 0 aliphatic heterocycles. The number of benzene rings is 2. The molecule has 0 spiro atoms. The van der Waals surface area contributed by atoms with Crippen LogP contribution in [0.25, 0.3) is 0 Å².